The van der Waals surface area contributed by atoms with Crippen molar-refractivity contribution in [2.75, 3.05) is 0 Å². The van der Waals surface area contributed by atoms with Gasteiger partial charge in [0.1, 0.15) is 5.56 Å². The summed E-state index contributed by atoms with van der Waals surface area (Å²) in [6.07, 6.45) is 0.240. The predicted octanol–water partition coefficient (Wildman–Crippen LogP) is 0.987. The van der Waals surface area contributed by atoms with Gasteiger partial charge >= 0.3 is 5.69 Å². The number of hydrazone groups is 1. The van der Waals surface area contributed by atoms with Crippen molar-refractivity contribution in [2.45, 2.75) is 13.3 Å². The van der Waals surface area contributed by atoms with Gasteiger partial charge in [0, 0.05) is 14.1 Å². The van der Waals surface area contributed by atoms with Crippen LogP contribution in [0.2, 0.25) is 5.02 Å². The van der Waals surface area contributed by atoms with Crippen LogP contribution < -0.4 is 16.7 Å². The number of hydrogen-bond acceptors (Lipinski definition) is 5. The Balaban J connectivity index is 2.46. The predicted molar refractivity (Wildman–Crippen MR) is 94.3 cm³/mol. The van der Waals surface area contributed by atoms with E-state index in [-0.39, 0.29) is 28.3 Å². The van der Waals surface area contributed by atoms with Gasteiger partial charge in [-0.05, 0) is 18.6 Å². The molecule has 0 aliphatic heterocycles. The molecule has 2 rings (SSSR count). The molecule has 0 fully saturated rings. The molecule has 8 nitrogen and oxygen atoms in total. The number of carbonyl (C=O) groups is 1. The largest absolute Gasteiger partial charge is 0.494 e. The SMILES string of the molecule is CC/C(=N\NC(=O)c1ccccc1Cl)c1c(O)n(C)c(=O)n(C)c1=O. The minimum absolute atomic E-state index is 0.133. The highest BCUT2D eigenvalue weighted by Crippen LogP contribution is 2.15. The monoisotopic (exact) mass is 364 g/mol. The number of carbonyl (C=O) groups excluding carboxylic acids is 1. The molecule has 1 heterocycles. The lowest BCUT2D eigenvalue weighted by Gasteiger charge is -2.11. The van der Waals surface area contributed by atoms with E-state index < -0.39 is 23.0 Å². The first kappa shape index (κ1) is 18.5. The highest BCUT2D eigenvalue weighted by molar-refractivity contribution is 6.33. The van der Waals surface area contributed by atoms with Gasteiger partial charge in [-0.1, -0.05) is 30.7 Å². The first-order chi connectivity index (χ1) is 11.8. The van der Waals surface area contributed by atoms with Crippen LogP contribution in [-0.2, 0) is 14.1 Å². The Kier molecular flexibility index (Phi) is 5.43. The number of rotatable bonds is 4. The second kappa shape index (κ2) is 7.35. The van der Waals surface area contributed by atoms with E-state index >= 15 is 0 Å². The standard InChI is InChI=1S/C16H17ClN4O4/c1-4-11(12-14(23)20(2)16(25)21(3)15(12)24)18-19-13(22)9-7-5-6-8-10(9)17/h5-8,23H,4H2,1-3H3,(H,19,22)/b18-11+. The van der Waals surface area contributed by atoms with Crippen LogP contribution in [0.15, 0.2) is 39.0 Å². The maximum absolute atomic E-state index is 12.3. The van der Waals surface area contributed by atoms with Crippen molar-refractivity contribution in [1.29, 1.82) is 0 Å². The lowest BCUT2D eigenvalue weighted by Crippen LogP contribution is -2.40. The van der Waals surface area contributed by atoms with Gasteiger partial charge in [0.25, 0.3) is 11.5 Å². The Morgan fingerprint density at radius 1 is 1.24 bits per heavy atom. The summed E-state index contributed by atoms with van der Waals surface area (Å²) in [4.78, 5) is 36.3. The van der Waals surface area contributed by atoms with Gasteiger partial charge in [-0.25, -0.2) is 10.2 Å². The van der Waals surface area contributed by atoms with Gasteiger partial charge in [0.05, 0.1) is 16.3 Å². The Morgan fingerprint density at radius 2 is 1.88 bits per heavy atom. The molecule has 0 atom stereocenters. The van der Waals surface area contributed by atoms with E-state index in [0.29, 0.717) is 0 Å². The molecule has 9 heteroatoms. The van der Waals surface area contributed by atoms with Gasteiger partial charge in [0.2, 0.25) is 5.88 Å². The lowest BCUT2D eigenvalue weighted by molar-refractivity contribution is 0.0955. The minimum Gasteiger partial charge on any atom is -0.494 e. The zero-order valence-corrected chi connectivity index (χ0v) is 14.7. The number of aromatic hydroxyl groups is 1. The summed E-state index contributed by atoms with van der Waals surface area (Å²) < 4.78 is 1.79. The van der Waals surface area contributed by atoms with Crippen LogP contribution in [0.4, 0.5) is 0 Å². The Hall–Kier alpha value is -2.87. The molecule has 1 aromatic heterocycles. The molecule has 0 aliphatic carbocycles. The summed E-state index contributed by atoms with van der Waals surface area (Å²) in [5.41, 5.74) is 1.16. The van der Waals surface area contributed by atoms with Gasteiger partial charge in [0.15, 0.2) is 0 Å². The molecule has 0 aliphatic rings. The second-order valence-corrected chi connectivity index (χ2v) is 5.64. The fourth-order valence-electron chi connectivity index (χ4n) is 2.22. The molecular formula is C16H17ClN4O4. The van der Waals surface area contributed by atoms with E-state index in [0.717, 1.165) is 9.13 Å². The quantitative estimate of drug-likeness (QED) is 0.623. The van der Waals surface area contributed by atoms with E-state index in [4.69, 9.17) is 11.6 Å². The zero-order chi connectivity index (χ0) is 18.7. The Bertz CT molecular complexity index is 975. The number of aromatic nitrogens is 2. The van der Waals surface area contributed by atoms with Crippen LogP contribution in [0.1, 0.15) is 29.3 Å². The highest BCUT2D eigenvalue weighted by atomic mass is 35.5. The second-order valence-electron chi connectivity index (χ2n) is 5.24. The van der Waals surface area contributed by atoms with Crippen molar-refractivity contribution in [3.05, 3.63) is 61.3 Å². The topological polar surface area (TPSA) is 106 Å². The van der Waals surface area contributed by atoms with Crippen LogP contribution in [0, 0.1) is 0 Å². The molecule has 132 valence electrons. The van der Waals surface area contributed by atoms with Crippen LogP contribution >= 0.6 is 11.6 Å². The first-order valence-corrected chi connectivity index (χ1v) is 7.78. The van der Waals surface area contributed by atoms with Gasteiger partial charge < -0.3 is 5.11 Å². The number of nitrogens with one attached hydrogen (secondary N) is 1. The third-order valence-electron chi connectivity index (χ3n) is 3.67. The molecule has 0 saturated carbocycles. The van der Waals surface area contributed by atoms with Gasteiger partial charge in [-0.2, -0.15) is 5.10 Å². The van der Waals surface area contributed by atoms with Crippen molar-refractivity contribution < 1.29 is 9.90 Å². The van der Waals surface area contributed by atoms with Crippen LogP contribution in [0.25, 0.3) is 0 Å². The average molecular weight is 365 g/mol. The minimum atomic E-state index is -0.701. The summed E-state index contributed by atoms with van der Waals surface area (Å²) in [5, 5.41) is 14.3. The van der Waals surface area contributed by atoms with Crippen molar-refractivity contribution in [1.82, 2.24) is 14.6 Å². The molecule has 1 aromatic carbocycles. The van der Waals surface area contributed by atoms with E-state index in [2.05, 4.69) is 10.5 Å². The third kappa shape index (κ3) is 3.48. The Morgan fingerprint density at radius 3 is 2.48 bits per heavy atom. The summed E-state index contributed by atoms with van der Waals surface area (Å²) in [6, 6.07) is 6.43. The molecule has 0 radical (unpaired) electrons. The van der Waals surface area contributed by atoms with E-state index in [1.165, 1.54) is 20.2 Å². The molecule has 0 bridgehead atoms. The maximum Gasteiger partial charge on any atom is 0.333 e. The van der Waals surface area contributed by atoms with Gasteiger partial charge in [-0.3, -0.25) is 18.7 Å². The molecule has 1 amide bonds. The van der Waals surface area contributed by atoms with Crippen LogP contribution in [0.3, 0.4) is 0 Å². The van der Waals surface area contributed by atoms with Crippen LogP contribution in [0.5, 0.6) is 5.88 Å². The number of halogens is 1. The summed E-state index contributed by atoms with van der Waals surface area (Å²) in [7, 11) is 2.62. The first-order valence-electron chi connectivity index (χ1n) is 7.40. The summed E-state index contributed by atoms with van der Waals surface area (Å²) in [6.45, 7) is 1.70. The molecule has 0 unspecified atom stereocenters. The molecule has 0 spiro atoms. The molecular weight excluding hydrogens is 348 g/mol. The number of hydrogen-bond donors (Lipinski definition) is 2. The third-order valence-corrected chi connectivity index (χ3v) is 4.00. The summed E-state index contributed by atoms with van der Waals surface area (Å²) in [5.74, 6) is -1.07. The lowest BCUT2D eigenvalue weighted by atomic mass is 10.1. The highest BCUT2D eigenvalue weighted by Gasteiger charge is 2.19. The van der Waals surface area contributed by atoms with Crippen molar-refractivity contribution in [3.8, 4) is 5.88 Å². The number of nitrogens with zero attached hydrogens (tertiary/aromatic N) is 3. The number of amides is 1. The molecule has 2 N–H and O–H groups in total. The fourth-order valence-corrected chi connectivity index (χ4v) is 2.44. The Labute approximate surface area is 148 Å². The average Bonchev–Trinajstić information content (AvgIpc) is 2.61. The summed E-state index contributed by atoms with van der Waals surface area (Å²) >= 11 is 5.95. The molecule has 2 aromatic rings. The smallest absolute Gasteiger partial charge is 0.333 e. The molecule has 0 saturated heterocycles. The van der Waals surface area contributed by atoms with Crippen molar-refractivity contribution in [2.24, 2.45) is 19.2 Å². The molecule has 25 heavy (non-hydrogen) atoms. The van der Waals surface area contributed by atoms with E-state index in [1.54, 1.807) is 25.1 Å². The van der Waals surface area contributed by atoms with Crippen molar-refractivity contribution >= 4 is 23.2 Å². The van der Waals surface area contributed by atoms with Crippen LogP contribution in [-0.4, -0.2) is 25.9 Å². The number of benzene rings is 1. The fraction of sp³-hybridized carbons (Fsp3) is 0.250. The van der Waals surface area contributed by atoms with Crippen molar-refractivity contribution in [3.63, 3.8) is 0 Å². The van der Waals surface area contributed by atoms with Gasteiger partial charge in [-0.15, -0.1) is 0 Å². The normalized spacial score (nSPS) is 11.4. The zero-order valence-electron chi connectivity index (χ0n) is 13.9. The maximum atomic E-state index is 12.3. The van der Waals surface area contributed by atoms with E-state index in [1.807, 2.05) is 0 Å². The van der Waals surface area contributed by atoms with E-state index in [9.17, 15) is 19.5 Å².